The van der Waals surface area contributed by atoms with Gasteiger partial charge in [-0.25, -0.2) is 4.98 Å². The number of anilines is 1. The van der Waals surface area contributed by atoms with Crippen LogP contribution in [0, 0.1) is 17.2 Å². The van der Waals surface area contributed by atoms with E-state index in [9.17, 15) is 0 Å². The molecule has 0 saturated heterocycles. The Balaban J connectivity index is 2.15. The molecule has 1 aliphatic carbocycles. The van der Waals surface area contributed by atoms with Crippen LogP contribution in [-0.2, 0) is 12.8 Å². The Morgan fingerprint density at radius 2 is 2.44 bits per heavy atom. The molecule has 2 heterocycles. The van der Waals surface area contributed by atoms with E-state index in [0.29, 0.717) is 10.6 Å². The lowest BCUT2D eigenvalue weighted by molar-refractivity contribution is 0.441. The number of pyridine rings is 1. The fraction of sp³-hybridized carbons (Fsp3) is 0.429. The molecule has 0 bridgehead atoms. The number of thiophene rings is 1. The highest BCUT2D eigenvalue weighted by Gasteiger charge is 2.21. The van der Waals surface area contributed by atoms with Gasteiger partial charge in [0.2, 0.25) is 0 Å². The van der Waals surface area contributed by atoms with Crippen molar-refractivity contribution in [2.45, 2.75) is 32.6 Å². The predicted octanol–water partition coefficient (Wildman–Crippen LogP) is 3.27. The van der Waals surface area contributed by atoms with Crippen LogP contribution < -0.4 is 5.73 Å². The normalized spacial score (nSPS) is 18.6. The molecule has 3 nitrogen and oxygen atoms in total. The maximum Gasteiger partial charge on any atom is 0.130 e. The van der Waals surface area contributed by atoms with Crippen molar-refractivity contribution in [3.8, 4) is 6.07 Å². The van der Waals surface area contributed by atoms with Crippen molar-refractivity contribution in [3.63, 3.8) is 0 Å². The molecule has 18 heavy (non-hydrogen) atoms. The summed E-state index contributed by atoms with van der Waals surface area (Å²) < 4.78 is 0. The molecule has 92 valence electrons. The zero-order chi connectivity index (χ0) is 12.7. The summed E-state index contributed by atoms with van der Waals surface area (Å²) in [4.78, 5) is 6.21. The molecule has 0 unspecified atom stereocenters. The van der Waals surface area contributed by atoms with E-state index in [2.05, 4.69) is 19.1 Å². The molecule has 1 atom stereocenters. The van der Waals surface area contributed by atoms with Crippen LogP contribution in [0.25, 0.3) is 10.2 Å². The minimum Gasteiger partial charge on any atom is -0.396 e. The number of hydrogen-bond donors (Lipinski definition) is 1. The van der Waals surface area contributed by atoms with Gasteiger partial charge in [0.05, 0.1) is 5.69 Å². The molecule has 0 saturated carbocycles. The van der Waals surface area contributed by atoms with E-state index in [4.69, 9.17) is 16.0 Å². The molecule has 4 heteroatoms. The van der Waals surface area contributed by atoms with Gasteiger partial charge in [0.15, 0.2) is 0 Å². The third-order valence-corrected chi connectivity index (χ3v) is 4.89. The van der Waals surface area contributed by atoms with Gasteiger partial charge < -0.3 is 5.73 Å². The molecule has 2 N–H and O–H groups in total. The van der Waals surface area contributed by atoms with Gasteiger partial charge >= 0.3 is 0 Å². The standard InChI is InChI=1S/C14H15N3S/c1-2-8-3-4-11-9(5-8)6-10-13(16)12(7-15)18-14(10)17-11/h6,8H,2-5,16H2,1H3/t8-/m0/s1. The van der Waals surface area contributed by atoms with E-state index >= 15 is 0 Å². The number of nitrogens with two attached hydrogens (primary N) is 1. The lowest BCUT2D eigenvalue weighted by atomic mass is 9.85. The highest BCUT2D eigenvalue weighted by atomic mass is 32.1. The third-order valence-electron chi connectivity index (χ3n) is 3.87. The lowest BCUT2D eigenvalue weighted by Crippen LogP contribution is -2.14. The number of nitrogen functional groups attached to an aromatic ring is 1. The van der Waals surface area contributed by atoms with Crippen molar-refractivity contribution < 1.29 is 0 Å². The van der Waals surface area contributed by atoms with Crippen molar-refractivity contribution in [2.24, 2.45) is 5.92 Å². The summed E-state index contributed by atoms with van der Waals surface area (Å²) in [6.45, 7) is 2.24. The Kier molecular flexibility index (Phi) is 2.71. The zero-order valence-electron chi connectivity index (χ0n) is 10.4. The molecule has 1 aliphatic rings. The summed E-state index contributed by atoms with van der Waals surface area (Å²) in [5.41, 5.74) is 9.14. The SMILES string of the molecule is CC[C@H]1CCc2nc3sc(C#N)c(N)c3cc2C1. The molecule has 2 aromatic heterocycles. The van der Waals surface area contributed by atoms with Gasteiger partial charge in [-0.1, -0.05) is 13.3 Å². The summed E-state index contributed by atoms with van der Waals surface area (Å²) in [6.07, 6.45) is 4.61. The van der Waals surface area contributed by atoms with Crippen LogP contribution in [-0.4, -0.2) is 4.98 Å². The van der Waals surface area contributed by atoms with Gasteiger partial charge in [-0.3, -0.25) is 0 Å². The average Bonchev–Trinajstić information content (AvgIpc) is 2.72. The summed E-state index contributed by atoms with van der Waals surface area (Å²) in [7, 11) is 0. The van der Waals surface area contributed by atoms with Crippen LogP contribution in [0.5, 0.6) is 0 Å². The van der Waals surface area contributed by atoms with Crippen molar-refractivity contribution in [2.75, 3.05) is 5.73 Å². The Hall–Kier alpha value is -1.60. The highest BCUT2D eigenvalue weighted by Crippen LogP contribution is 2.36. The van der Waals surface area contributed by atoms with Crippen molar-refractivity contribution in [1.82, 2.24) is 4.98 Å². The van der Waals surface area contributed by atoms with Gasteiger partial charge in [-0.05, 0) is 36.8 Å². The predicted molar refractivity (Wildman–Crippen MR) is 74.6 cm³/mol. The molecule has 2 aromatic rings. The van der Waals surface area contributed by atoms with E-state index in [1.165, 1.54) is 35.4 Å². The molecule has 0 radical (unpaired) electrons. The molecule has 0 spiro atoms. The maximum absolute atomic E-state index is 9.02. The van der Waals surface area contributed by atoms with Gasteiger partial charge in [0.1, 0.15) is 15.8 Å². The first-order chi connectivity index (χ1) is 8.72. The van der Waals surface area contributed by atoms with Gasteiger partial charge in [-0.15, -0.1) is 11.3 Å². The first-order valence-corrected chi connectivity index (χ1v) is 7.15. The minimum absolute atomic E-state index is 0.590. The van der Waals surface area contributed by atoms with Crippen LogP contribution in [0.15, 0.2) is 6.07 Å². The average molecular weight is 257 g/mol. The van der Waals surface area contributed by atoms with Crippen LogP contribution in [0.4, 0.5) is 5.69 Å². The summed E-state index contributed by atoms with van der Waals surface area (Å²) in [5.74, 6) is 0.770. The van der Waals surface area contributed by atoms with E-state index in [0.717, 1.165) is 29.0 Å². The third kappa shape index (κ3) is 1.67. The Bertz CT molecular complexity index is 651. The number of aromatic nitrogens is 1. The quantitative estimate of drug-likeness (QED) is 0.852. The number of hydrogen-bond acceptors (Lipinski definition) is 4. The Morgan fingerprint density at radius 1 is 1.61 bits per heavy atom. The number of fused-ring (bicyclic) bond motifs is 2. The second kappa shape index (κ2) is 4.25. The van der Waals surface area contributed by atoms with Crippen LogP contribution in [0.2, 0.25) is 0 Å². The molecule has 0 aliphatic heterocycles. The zero-order valence-corrected chi connectivity index (χ0v) is 11.2. The molecule has 3 rings (SSSR count). The van der Waals surface area contributed by atoms with Crippen molar-refractivity contribution in [1.29, 1.82) is 5.26 Å². The fourth-order valence-electron chi connectivity index (χ4n) is 2.70. The Labute approximate surface area is 110 Å². The first-order valence-electron chi connectivity index (χ1n) is 6.33. The summed E-state index contributed by atoms with van der Waals surface area (Å²) in [5, 5.41) is 9.98. The smallest absolute Gasteiger partial charge is 0.130 e. The molecule has 0 fully saturated rings. The molecular weight excluding hydrogens is 242 g/mol. The van der Waals surface area contributed by atoms with Gasteiger partial charge in [-0.2, -0.15) is 5.26 Å². The second-order valence-corrected chi connectivity index (χ2v) is 5.92. The van der Waals surface area contributed by atoms with Gasteiger partial charge in [0, 0.05) is 11.1 Å². The summed E-state index contributed by atoms with van der Waals surface area (Å²) in [6, 6.07) is 4.31. The molecule has 0 aromatic carbocycles. The number of rotatable bonds is 1. The lowest BCUT2D eigenvalue weighted by Gasteiger charge is -2.22. The van der Waals surface area contributed by atoms with E-state index in [1.807, 2.05) is 0 Å². The molecule has 0 amide bonds. The van der Waals surface area contributed by atoms with Crippen molar-refractivity contribution in [3.05, 3.63) is 22.2 Å². The fourth-order valence-corrected chi connectivity index (χ4v) is 3.59. The van der Waals surface area contributed by atoms with Gasteiger partial charge in [0.25, 0.3) is 0 Å². The summed E-state index contributed by atoms with van der Waals surface area (Å²) >= 11 is 1.41. The minimum atomic E-state index is 0.590. The Morgan fingerprint density at radius 3 is 3.17 bits per heavy atom. The molecular formula is C14H15N3S. The van der Waals surface area contributed by atoms with E-state index < -0.39 is 0 Å². The van der Waals surface area contributed by atoms with Crippen molar-refractivity contribution >= 4 is 27.2 Å². The largest absolute Gasteiger partial charge is 0.396 e. The van der Waals surface area contributed by atoms with Crippen LogP contribution in [0.1, 0.15) is 35.9 Å². The topological polar surface area (TPSA) is 62.7 Å². The first kappa shape index (κ1) is 11.5. The van der Waals surface area contributed by atoms with E-state index in [-0.39, 0.29) is 0 Å². The maximum atomic E-state index is 9.02. The number of nitrogens with zero attached hydrogens (tertiary/aromatic N) is 2. The number of nitriles is 1. The highest BCUT2D eigenvalue weighted by molar-refractivity contribution is 7.19. The van der Waals surface area contributed by atoms with E-state index in [1.54, 1.807) is 0 Å². The van der Waals surface area contributed by atoms with Crippen LogP contribution >= 0.6 is 11.3 Å². The monoisotopic (exact) mass is 257 g/mol. The number of aryl methyl sites for hydroxylation is 1. The second-order valence-electron chi connectivity index (χ2n) is 4.92. The van der Waals surface area contributed by atoms with Crippen LogP contribution in [0.3, 0.4) is 0 Å².